The largest absolute Gasteiger partial charge is 0.418 e. The van der Waals surface area contributed by atoms with Crippen molar-refractivity contribution >= 4 is 23.2 Å². The quantitative estimate of drug-likeness (QED) is 0.211. The molecule has 0 saturated carbocycles. The second kappa shape index (κ2) is 12.9. The van der Waals surface area contributed by atoms with Crippen LogP contribution >= 0.6 is 0 Å². The van der Waals surface area contributed by atoms with E-state index in [0.29, 0.717) is 29.4 Å². The van der Waals surface area contributed by atoms with Crippen LogP contribution in [-0.4, -0.2) is 46.4 Å². The average molecular weight is 563 g/mol. The van der Waals surface area contributed by atoms with E-state index < -0.39 is 17.6 Å². The summed E-state index contributed by atoms with van der Waals surface area (Å²) in [5, 5.41) is 5.60. The van der Waals surface area contributed by atoms with Gasteiger partial charge < -0.3 is 15.5 Å². The third-order valence-corrected chi connectivity index (χ3v) is 6.65. The van der Waals surface area contributed by atoms with Gasteiger partial charge in [0.1, 0.15) is 0 Å². The fourth-order valence-electron chi connectivity index (χ4n) is 4.62. The maximum atomic E-state index is 14.1. The molecule has 0 aliphatic heterocycles. The fraction of sp³-hybridized carbons (Fsp3) is 0.290. The van der Waals surface area contributed by atoms with Crippen molar-refractivity contribution in [3.8, 4) is 11.3 Å². The average Bonchev–Trinajstić information content (AvgIpc) is 2.94. The number of likely N-dealkylation sites (N-methyl/N-ethyl adjacent to an activating group) is 1. The summed E-state index contributed by atoms with van der Waals surface area (Å²) < 4.78 is 42.4. The van der Waals surface area contributed by atoms with Gasteiger partial charge in [0.25, 0.3) is 5.91 Å². The summed E-state index contributed by atoms with van der Waals surface area (Å²) in [5.74, 6) is -0.401. The van der Waals surface area contributed by atoms with E-state index in [0.717, 1.165) is 30.0 Å². The SMILES string of the molecule is CCCC(CN(C)C)c1ccc(NC(=O)c2ccc(C)c(Nc3nccc(-c4cccnc4)n3)c2)c(C(F)(F)F)c1. The lowest BCUT2D eigenvalue weighted by Gasteiger charge is -2.23. The van der Waals surface area contributed by atoms with Crippen LogP contribution < -0.4 is 10.6 Å². The maximum Gasteiger partial charge on any atom is 0.418 e. The first-order chi connectivity index (χ1) is 19.5. The molecule has 0 fully saturated rings. The number of benzene rings is 2. The van der Waals surface area contributed by atoms with E-state index in [9.17, 15) is 18.0 Å². The van der Waals surface area contributed by atoms with Gasteiger partial charge in [-0.15, -0.1) is 0 Å². The van der Waals surface area contributed by atoms with Gasteiger partial charge in [-0.1, -0.05) is 25.5 Å². The van der Waals surface area contributed by atoms with Gasteiger partial charge in [-0.3, -0.25) is 9.78 Å². The molecule has 1 amide bonds. The summed E-state index contributed by atoms with van der Waals surface area (Å²) in [6, 6.07) is 14.5. The third kappa shape index (κ3) is 7.67. The van der Waals surface area contributed by atoms with Crippen LogP contribution in [0.25, 0.3) is 11.3 Å². The summed E-state index contributed by atoms with van der Waals surface area (Å²) in [7, 11) is 3.80. The first-order valence-electron chi connectivity index (χ1n) is 13.3. The zero-order valence-electron chi connectivity index (χ0n) is 23.5. The topological polar surface area (TPSA) is 83.0 Å². The van der Waals surface area contributed by atoms with E-state index in [1.165, 1.54) is 6.07 Å². The van der Waals surface area contributed by atoms with Gasteiger partial charge >= 0.3 is 6.18 Å². The van der Waals surface area contributed by atoms with Crippen molar-refractivity contribution in [3.05, 3.63) is 95.4 Å². The van der Waals surface area contributed by atoms with Crippen LogP contribution in [0.5, 0.6) is 0 Å². The first-order valence-corrected chi connectivity index (χ1v) is 13.3. The minimum Gasteiger partial charge on any atom is -0.324 e. The number of hydrogen-bond acceptors (Lipinski definition) is 6. The number of nitrogens with one attached hydrogen (secondary N) is 2. The standard InChI is InChI=1S/C31H33F3N6O/c1-5-7-24(19-40(3)4)21-11-12-27(25(16-21)31(32,33)34)37-29(41)22-10-9-20(2)28(17-22)39-30-36-15-13-26(38-30)23-8-6-14-35-18-23/h6,8-18,24H,5,7,19H2,1-4H3,(H,37,41)(H,36,38,39). The molecule has 2 aromatic heterocycles. The molecule has 4 aromatic rings. The molecule has 7 nitrogen and oxygen atoms in total. The molecule has 0 radical (unpaired) electrons. The number of nitrogens with zero attached hydrogens (tertiary/aromatic N) is 4. The molecule has 0 saturated heterocycles. The summed E-state index contributed by atoms with van der Waals surface area (Å²) in [5.41, 5.74) is 2.48. The van der Waals surface area contributed by atoms with E-state index in [4.69, 9.17) is 0 Å². The lowest BCUT2D eigenvalue weighted by atomic mass is 9.92. The van der Waals surface area contributed by atoms with Gasteiger partial charge in [0.2, 0.25) is 5.95 Å². The minimum absolute atomic E-state index is 0.0505. The van der Waals surface area contributed by atoms with Crippen molar-refractivity contribution in [2.75, 3.05) is 31.3 Å². The molecule has 0 aliphatic carbocycles. The lowest BCUT2D eigenvalue weighted by Crippen LogP contribution is -2.21. The van der Waals surface area contributed by atoms with E-state index in [-0.39, 0.29) is 17.2 Å². The Hall–Kier alpha value is -4.31. The maximum absolute atomic E-state index is 14.1. The van der Waals surface area contributed by atoms with E-state index in [1.54, 1.807) is 48.9 Å². The Morgan fingerprint density at radius 1 is 1.02 bits per heavy atom. The van der Waals surface area contributed by atoms with E-state index in [1.807, 2.05) is 45.0 Å². The number of carbonyl (C=O) groups is 1. The van der Waals surface area contributed by atoms with Gasteiger partial charge in [-0.05, 0) is 86.9 Å². The molecule has 2 aromatic carbocycles. The highest BCUT2D eigenvalue weighted by Crippen LogP contribution is 2.38. The Bertz CT molecular complexity index is 1490. The molecule has 2 heterocycles. The van der Waals surface area contributed by atoms with Crippen molar-refractivity contribution in [1.82, 2.24) is 19.9 Å². The molecule has 0 bridgehead atoms. The molecular weight excluding hydrogens is 529 g/mol. The summed E-state index contributed by atoms with van der Waals surface area (Å²) in [6.07, 6.45) is 1.94. The lowest BCUT2D eigenvalue weighted by molar-refractivity contribution is -0.137. The number of alkyl halides is 3. The van der Waals surface area contributed by atoms with Gasteiger partial charge in [0, 0.05) is 41.9 Å². The molecule has 1 atom stereocenters. The minimum atomic E-state index is -4.63. The number of anilines is 3. The smallest absolute Gasteiger partial charge is 0.324 e. The number of amides is 1. The second-order valence-electron chi connectivity index (χ2n) is 10.2. The molecule has 1 unspecified atom stereocenters. The van der Waals surface area contributed by atoms with Crippen LogP contribution in [0.4, 0.5) is 30.5 Å². The number of halogens is 3. The van der Waals surface area contributed by atoms with Crippen LogP contribution in [0.3, 0.4) is 0 Å². The van der Waals surface area contributed by atoms with Gasteiger partial charge in [-0.25, -0.2) is 9.97 Å². The Balaban J connectivity index is 1.58. The van der Waals surface area contributed by atoms with E-state index in [2.05, 4.69) is 25.6 Å². The molecular formula is C31H33F3N6O. The van der Waals surface area contributed by atoms with Gasteiger partial charge in [0.05, 0.1) is 16.9 Å². The third-order valence-electron chi connectivity index (χ3n) is 6.65. The molecule has 0 spiro atoms. The Morgan fingerprint density at radius 3 is 2.51 bits per heavy atom. The highest BCUT2D eigenvalue weighted by molar-refractivity contribution is 6.05. The van der Waals surface area contributed by atoms with Crippen molar-refractivity contribution in [3.63, 3.8) is 0 Å². The van der Waals surface area contributed by atoms with Crippen LogP contribution in [0.1, 0.15) is 52.7 Å². The molecule has 4 rings (SSSR count). The monoisotopic (exact) mass is 562 g/mol. The molecule has 41 heavy (non-hydrogen) atoms. The molecule has 2 N–H and O–H groups in total. The summed E-state index contributed by atoms with van der Waals surface area (Å²) in [6.45, 7) is 4.48. The first kappa shape index (κ1) is 29.7. The van der Waals surface area contributed by atoms with Crippen LogP contribution in [0, 0.1) is 6.92 Å². The number of aryl methyl sites for hydroxylation is 1. The zero-order chi connectivity index (χ0) is 29.6. The van der Waals surface area contributed by atoms with Crippen molar-refractivity contribution in [1.29, 1.82) is 0 Å². The van der Waals surface area contributed by atoms with Gasteiger partial charge in [-0.2, -0.15) is 13.2 Å². The summed E-state index contributed by atoms with van der Waals surface area (Å²) >= 11 is 0. The van der Waals surface area contributed by atoms with Gasteiger partial charge in [0.15, 0.2) is 0 Å². The number of hydrogen-bond donors (Lipinski definition) is 2. The molecule has 10 heteroatoms. The summed E-state index contributed by atoms with van der Waals surface area (Å²) in [4.78, 5) is 28.0. The van der Waals surface area contributed by atoms with Crippen LogP contribution in [0.2, 0.25) is 0 Å². The number of carbonyl (C=O) groups excluding carboxylic acids is 1. The fourth-order valence-corrected chi connectivity index (χ4v) is 4.62. The Morgan fingerprint density at radius 2 is 1.83 bits per heavy atom. The predicted octanol–water partition coefficient (Wildman–Crippen LogP) is 7.31. The second-order valence-corrected chi connectivity index (χ2v) is 10.2. The molecule has 214 valence electrons. The number of aromatic nitrogens is 3. The van der Waals surface area contributed by atoms with Crippen LogP contribution in [0.15, 0.2) is 73.2 Å². The van der Waals surface area contributed by atoms with Crippen LogP contribution in [-0.2, 0) is 6.18 Å². The normalized spacial score (nSPS) is 12.3. The zero-order valence-corrected chi connectivity index (χ0v) is 23.5. The van der Waals surface area contributed by atoms with Crippen molar-refractivity contribution in [2.24, 2.45) is 0 Å². The highest BCUT2D eigenvalue weighted by atomic mass is 19.4. The number of rotatable bonds is 10. The predicted molar refractivity (Wildman–Crippen MR) is 155 cm³/mol. The van der Waals surface area contributed by atoms with Crippen molar-refractivity contribution < 1.29 is 18.0 Å². The Kier molecular flexibility index (Phi) is 9.34. The Labute approximate surface area is 237 Å². The van der Waals surface area contributed by atoms with E-state index >= 15 is 0 Å². The highest BCUT2D eigenvalue weighted by Gasteiger charge is 2.35. The molecule has 0 aliphatic rings. The van der Waals surface area contributed by atoms with Crippen molar-refractivity contribution in [2.45, 2.75) is 38.8 Å². The number of pyridine rings is 1.